The van der Waals surface area contributed by atoms with Crippen LogP contribution >= 0.6 is 11.6 Å². The minimum Gasteiger partial charge on any atom is -0.391 e. The number of ether oxygens (including phenoxy) is 1. The van der Waals surface area contributed by atoms with Gasteiger partial charge < -0.3 is 15.2 Å². The summed E-state index contributed by atoms with van der Waals surface area (Å²) in [6, 6.07) is 4.60. The first-order valence-corrected chi connectivity index (χ1v) is 5.83. The molecule has 96 valence electrons. The zero-order valence-electron chi connectivity index (χ0n) is 9.75. The monoisotopic (exact) mass is 261 g/mol. The molecule has 0 aliphatic heterocycles. The number of nitrogens with one attached hydrogen (secondary N) is 1. The van der Waals surface area contributed by atoms with Gasteiger partial charge in [-0.25, -0.2) is 4.39 Å². The zero-order valence-corrected chi connectivity index (χ0v) is 10.5. The van der Waals surface area contributed by atoms with Crippen LogP contribution in [0.3, 0.4) is 0 Å². The minimum atomic E-state index is -0.497. The van der Waals surface area contributed by atoms with E-state index in [1.165, 1.54) is 13.2 Å². The van der Waals surface area contributed by atoms with Crippen LogP contribution in [0.2, 0.25) is 5.02 Å². The third kappa shape index (κ3) is 5.00. The molecule has 0 saturated heterocycles. The first kappa shape index (κ1) is 14.4. The van der Waals surface area contributed by atoms with Gasteiger partial charge in [0.05, 0.1) is 12.7 Å². The summed E-state index contributed by atoms with van der Waals surface area (Å²) in [6.45, 7) is 1.24. The SMILES string of the molecule is COCC(O)CCNCc1c(F)cccc1Cl. The van der Waals surface area contributed by atoms with E-state index in [9.17, 15) is 9.50 Å². The topological polar surface area (TPSA) is 41.5 Å². The Hall–Kier alpha value is -0.680. The molecule has 0 aliphatic carbocycles. The number of halogens is 2. The second-order valence-electron chi connectivity index (χ2n) is 3.77. The molecule has 0 bridgehead atoms. The van der Waals surface area contributed by atoms with Gasteiger partial charge in [0.25, 0.3) is 0 Å². The van der Waals surface area contributed by atoms with Gasteiger partial charge >= 0.3 is 0 Å². The van der Waals surface area contributed by atoms with E-state index in [2.05, 4.69) is 5.32 Å². The molecule has 1 rings (SSSR count). The van der Waals surface area contributed by atoms with Crippen molar-refractivity contribution in [1.29, 1.82) is 0 Å². The van der Waals surface area contributed by atoms with Crippen LogP contribution in [-0.2, 0) is 11.3 Å². The van der Waals surface area contributed by atoms with Crippen LogP contribution in [-0.4, -0.2) is 31.5 Å². The Balaban J connectivity index is 2.31. The second kappa shape index (κ2) is 7.61. The van der Waals surface area contributed by atoms with Crippen molar-refractivity contribution < 1.29 is 14.2 Å². The van der Waals surface area contributed by atoms with Crippen molar-refractivity contribution in [3.63, 3.8) is 0 Å². The summed E-state index contributed by atoms with van der Waals surface area (Å²) >= 11 is 5.87. The Kier molecular flexibility index (Phi) is 6.44. The fourth-order valence-corrected chi connectivity index (χ4v) is 1.69. The van der Waals surface area contributed by atoms with Crippen molar-refractivity contribution in [2.24, 2.45) is 0 Å². The van der Waals surface area contributed by atoms with E-state index in [-0.39, 0.29) is 5.82 Å². The van der Waals surface area contributed by atoms with Crippen LogP contribution in [0.4, 0.5) is 4.39 Å². The third-order valence-electron chi connectivity index (χ3n) is 2.38. The molecule has 0 heterocycles. The van der Waals surface area contributed by atoms with Crippen LogP contribution < -0.4 is 5.32 Å². The van der Waals surface area contributed by atoms with Gasteiger partial charge in [0.2, 0.25) is 0 Å². The van der Waals surface area contributed by atoms with E-state index >= 15 is 0 Å². The number of rotatable bonds is 7. The van der Waals surface area contributed by atoms with Gasteiger partial charge in [-0.1, -0.05) is 17.7 Å². The quantitative estimate of drug-likeness (QED) is 0.738. The van der Waals surface area contributed by atoms with Crippen molar-refractivity contribution >= 4 is 11.6 Å². The minimum absolute atomic E-state index is 0.308. The summed E-state index contributed by atoms with van der Waals surface area (Å²) in [5.41, 5.74) is 0.454. The van der Waals surface area contributed by atoms with E-state index in [1.807, 2.05) is 0 Å². The summed E-state index contributed by atoms with van der Waals surface area (Å²) in [5, 5.41) is 12.8. The number of aliphatic hydroxyl groups is 1. The standard InChI is InChI=1S/C12H17ClFNO2/c1-17-8-9(16)5-6-15-7-10-11(13)3-2-4-12(10)14/h2-4,9,15-16H,5-8H2,1H3. The summed E-state index contributed by atoms with van der Waals surface area (Å²) in [6.07, 6.45) is 0.0588. The normalized spacial score (nSPS) is 12.7. The summed E-state index contributed by atoms with van der Waals surface area (Å²) < 4.78 is 18.2. The number of aliphatic hydroxyl groups excluding tert-OH is 1. The lowest BCUT2D eigenvalue weighted by Crippen LogP contribution is -2.23. The molecule has 0 spiro atoms. The maximum Gasteiger partial charge on any atom is 0.129 e. The predicted molar refractivity (Wildman–Crippen MR) is 65.6 cm³/mol. The Morgan fingerprint density at radius 3 is 2.94 bits per heavy atom. The van der Waals surface area contributed by atoms with Crippen molar-refractivity contribution in [3.05, 3.63) is 34.6 Å². The van der Waals surface area contributed by atoms with Crippen molar-refractivity contribution in [2.75, 3.05) is 20.3 Å². The Labute approximate surface area is 106 Å². The first-order valence-electron chi connectivity index (χ1n) is 5.45. The molecule has 0 amide bonds. The van der Waals surface area contributed by atoms with E-state index in [0.29, 0.717) is 36.7 Å². The highest BCUT2D eigenvalue weighted by Gasteiger charge is 2.07. The van der Waals surface area contributed by atoms with Gasteiger partial charge in [0, 0.05) is 24.2 Å². The average molecular weight is 262 g/mol. The third-order valence-corrected chi connectivity index (χ3v) is 2.73. The van der Waals surface area contributed by atoms with Gasteiger partial charge in [-0.3, -0.25) is 0 Å². The Morgan fingerprint density at radius 2 is 2.29 bits per heavy atom. The molecular formula is C12H17ClFNO2. The highest BCUT2D eigenvalue weighted by molar-refractivity contribution is 6.31. The first-order chi connectivity index (χ1) is 8.15. The summed E-state index contributed by atoms with van der Waals surface area (Å²) in [7, 11) is 1.54. The fourth-order valence-electron chi connectivity index (χ4n) is 1.46. The maximum absolute atomic E-state index is 13.4. The van der Waals surface area contributed by atoms with E-state index in [4.69, 9.17) is 16.3 Å². The van der Waals surface area contributed by atoms with Crippen LogP contribution in [0, 0.1) is 5.82 Å². The molecule has 17 heavy (non-hydrogen) atoms. The molecule has 3 nitrogen and oxygen atoms in total. The number of benzene rings is 1. The van der Waals surface area contributed by atoms with Crippen LogP contribution in [0.15, 0.2) is 18.2 Å². The molecule has 0 fully saturated rings. The Morgan fingerprint density at radius 1 is 1.53 bits per heavy atom. The van der Waals surface area contributed by atoms with Crippen molar-refractivity contribution in [1.82, 2.24) is 5.32 Å². The van der Waals surface area contributed by atoms with Crippen molar-refractivity contribution in [2.45, 2.75) is 19.1 Å². The molecule has 1 aromatic carbocycles. The molecule has 2 N–H and O–H groups in total. The molecule has 1 atom stereocenters. The molecule has 0 aromatic heterocycles. The molecule has 1 aromatic rings. The highest BCUT2D eigenvalue weighted by Crippen LogP contribution is 2.18. The lowest BCUT2D eigenvalue weighted by atomic mass is 10.2. The highest BCUT2D eigenvalue weighted by atomic mass is 35.5. The molecule has 0 aliphatic rings. The summed E-state index contributed by atoms with van der Waals surface area (Å²) in [4.78, 5) is 0. The lowest BCUT2D eigenvalue weighted by molar-refractivity contribution is 0.0594. The molecule has 1 unspecified atom stereocenters. The van der Waals surface area contributed by atoms with Gasteiger partial charge in [-0.2, -0.15) is 0 Å². The lowest BCUT2D eigenvalue weighted by Gasteiger charge is -2.11. The van der Waals surface area contributed by atoms with Crippen LogP contribution in [0.1, 0.15) is 12.0 Å². The molecular weight excluding hydrogens is 245 g/mol. The smallest absolute Gasteiger partial charge is 0.129 e. The van der Waals surface area contributed by atoms with Gasteiger partial charge in [-0.05, 0) is 25.1 Å². The van der Waals surface area contributed by atoms with Crippen molar-refractivity contribution in [3.8, 4) is 0 Å². The van der Waals surface area contributed by atoms with Gasteiger partial charge in [-0.15, -0.1) is 0 Å². The average Bonchev–Trinajstić information content (AvgIpc) is 2.28. The zero-order chi connectivity index (χ0) is 12.7. The second-order valence-corrected chi connectivity index (χ2v) is 4.18. The van der Waals surface area contributed by atoms with Gasteiger partial charge in [0.1, 0.15) is 5.82 Å². The number of methoxy groups -OCH3 is 1. The van der Waals surface area contributed by atoms with E-state index in [0.717, 1.165) is 0 Å². The summed E-state index contributed by atoms with van der Waals surface area (Å²) in [5.74, 6) is -0.317. The fraction of sp³-hybridized carbons (Fsp3) is 0.500. The van der Waals surface area contributed by atoms with Crippen LogP contribution in [0.25, 0.3) is 0 Å². The molecule has 5 heteroatoms. The number of hydrogen-bond donors (Lipinski definition) is 2. The molecule has 0 saturated carbocycles. The Bertz CT molecular complexity index is 329. The van der Waals surface area contributed by atoms with Crippen LogP contribution in [0.5, 0.6) is 0 Å². The predicted octanol–water partition coefficient (Wildman–Crippen LogP) is 1.97. The number of hydrogen-bond acceptors (Lipinski definition) is 3. The van der Waals surface area contributed by atoms with E-state index in [1.54, 1.807) is 12.1 Å². The molecule has 0 radical (unpaired) electrons. The largest absolute Gasteiger partial charge is 0.391 e. The van der Waals surface area contributed by atoms with Gasteiger partial charge in [0.15, 0.2) is 0 Å². The maximum atomic E-state index is 13.4. The van der Waals surface area contributed by atoms with E-state index < -0.39 is 6.10 Å².